The van der Waals surface area contributed by atoms with E-state index in [4.69, 9.17) is 4.74 Å². The molecule has 1 fully saturated rings. The molecule has 1 aliphatic carbocycles. The SMILES string of the molecule is C=C(CSc1nnnn1C1CC1)C(=O)OCC. The fraction of sp³-hybridized carbons (Fsp3) is 0.600. The Hall–Kier alpha value is -1.37. The minimum atomic E-state index is -0.356. The third-order valence-electron chi connectivity index (χ3n) is 2.29. The Morgan fingerprint density at radius 3 is 3.06 bits per heavy atom. The summed E-state index contributed by atoms with van der Waals surface area (Å²) in [6.45, 7) is 5.82. The van der Waals surface area contributed by atoms with Crippen LogP contribution in [0.1, 0.15) is 25.8 Å². The first-order chi connectivity index (χ1) is 8.22. The van der Waals surface area contributed by atoms with Crippen molar-refractivity contribution < 1.29 is 9.53 Å². The zero-order chi connectivity index (χ0) is 12.3. The van der Waals surface area contributed by atoms with Gasteiger partial charge in [0.25, 0.3) is 0 Å². The standard InChI is InChI=1S/C10H14N4O2S/c1-3-16-9(15)7(2)6-17-10-11-12-13-14(10)8-4-5-8/h8H,2-6H2,1H3. The highest BCUT2D eigenvalue weighted by molar-refractivity contribution is 7.99. The van der Waals surface area contributed by atoms with E-state index in [0.29, 0.717) is 24.0 Å². The Labute approximate surface area is 103 Å². The molecular weight excluding hydrogens is 240 g/mol. The summed E-state index contributed by atoms with van der Waals surface area (Å²) in [5.41, 5.74) is 0.433. The van der Waals surface area contributed by atoms with Gasteiger partial charge in [0.2, 0.25) is 5.16 Å². The number of tetrazole rings is 1. The second-order valence-electron chi connectivity index (χ2n) is 3.75. The van der Waals surface area contributed by atoms with Crippen LogP contribution in [0.4, 0.5) is 0 Å². The molecular formula is C10H14N4O2S. The second-order valence-corrected chi connectivity index (χ2v) is 4.69. The zero-order valence-electron chi connectivity index (χ0n) is 9.63. The largest absolute Gasteiger partial charge is 0.463 e. The molecule has 0 bridgehead atoms. The maximum absolute atomic E-state index is 11.3. The van der Waals surface area contributed by atoms with Gasteiger partial charge in [-0.15, -0.1) is 5.10 Å². The molecule has 1 saturated carbocycles. The number of nitrogens with zero attached hydrogens (tertiary/aromatic N) is 4. The van der Waals surface area contributed by atoms with Gasteiger partial charge in [-0.05, 0) is 30.2 Å². The Morgan fingerprint density at radius 2 is 2.41 bits per heavy atom. The van der Waals surface area contributed by atoms with Crippen molar-refractivity contribution in [3.63, 3.8) is 0 Å². The van der Waals surface area contributed by atoms with Crippen molar-refractivity contribution in [2.24, 2.45) is 0 Å². The van der Waals surface area contributed by atoms with Gasteiger partial charge in [-0.1, -0.05) is 18.3 Å². The van der Waals surface area contributed by atoms with Crippen molar-refractivity contribution >= 4 is 17.7 Å². The molecule has 0 saturated heterocycles. The fourth-order valence-electron chi connectivity index (χ4n) is 1.27. The van der Waals surface area contributed by atoms with E-state index < -0.39 is 0 Å². The molecule has 0 spiro atoms. The maximum Gasteiger partial charge on any atom is 0.334 e. The number of carbonyl (C=O) groups is 1. The van der Waals surface area contributed by atoms with Crippen LogP contribution in [0.5, 0.6) is 0 Å². The normalized spacial score (nSPS) is 14.6. The Balaban J connectivity index is 1.86. The molecule has 1 aromatic rings. The molecule has 1 heterocycles. The fourth-order valence-corrected chi connectivity index (χ4v) is 2.11. The third-order valence-corrected chi connectivity index (χ3v) is 3.31. The van der Waals surface area contributed by atoms with Crippen molar-refractivity contribution in [1.82, 2.24) is 20.2 Å². The zero-order valence-corrected chi connectivity index (χ0v) is 10.4. The van der Waals surface area contributed by atoms with Crippen LogP contribution in [0.3, 0.4) is 0 Å². The van der Waals surface area contributed by atoms with Crippen LogP contribution in [0.15, 0.2) is 17.3 Å². The summed E-state index contributed by atoms with van der Waals surface area (Å²) in [6.07, 6.45) is 2.24. The molecule has 0 aromatic carbocycles. The van der Waals surface area contributed by atoms with Crippen LogP contribution in [0.2, 0.25) is 0 Å². The van der Waals surface area contributed by atoms with Crippen molar-refractivity contribution in [3.05, 3.63) is 12.2 Å². The van der Waals surface area contributed by atoms with E-state index in [-0.39, 0.29) is 5.97 Å². The Kier molecular flexibility index (Phi) is 3.78. The van der Waals surface area contributed by atoms with Crippen LogP contribution < -0.4 is 0 Å². The Bertz CT molecular complexity index is 428. The van der Waals surface area contributed by atoms with E-state index in [0.717, 1.165) is 18.0 Å². The molecule has 7 heteroatoms. The summed E-state index contributed by atoms with van der Waals surface area (Å²) in [5.74, 6) is 0.0943. The number of carbonyl (C=O) groups excluding carboxylic acids is 1. The first-order valence-corrected chi connectivity index (χ1v) is 6.46. The lowest BCUT2D eigenvalue weighted by Gasteiger charge is -2.04. The highest BCUT2D eigenvalue weighted by atomic mass is 32.2. The summed E-state index contributed by atoms with van der Waals surface area (Å²) in [7, 11) is 0. The first kappa shape index (κ1) is 12.1. The molecule has 92 valence electrons. The third kappa shape index (κ3) is 3.06. The molecule has 0 unspecified atom stereocenters. The lowest BCUT2D eigenvalue weighted by Crippen LogP contribution is -2.09. The predicted octanol–water partition coefficient (Wildman–Crippen LogP) is 1.22. The first-order valence-electron chi connectivity index (χ1n) is 5.48. The van der Waals surface area contributed by atoms with Gasteiger partial charge < -0.3 is 4.74 Å². The van der Waals surface area contributed by atoms with Gasteiger partial charge in [0.15, 0.2) is 0 Å². The van der Waals surface area contributed by atoms with E-state index >= 15 is 0 Å². The summed E-state index contributed by atoms with van der Waals surface area (Å²) in [5, 5.41) is 12.2. The van der Waals surface area contributed by atoms with Crippen LogP contribution in [-0.2, 0) is 9.53 Å². The average Bonchev–Trinajstić information content (AvgIpc) is 3.06. The van der Waals surface area contributed by atoms with E-state index in [1.807, 2.05) is 4.68 Å². The van der Waals surface area contributed by atoms with Crippen LogP contribution in [0, 0.1) is 0 Å². The van der Waals surface area contributed by atoms with Crippen molar-refractivity contribution in [2.75, 3.05) is 12.4 Å². The topological polar surface area (TPSA) is 69.9 Å². The lowest BCUT2D eigenvalue weighted by molar-refractivity contribution is -0.138. The minimum Gasteiger partial charge on any atom is -0.463 e. The number of hydrogen-bond donors (Lipinski definition) is 0. The van der Waals surface area contributed by atoms with Gasteiger partial charge in [-0.2, -0.15) is 0 Å². The monoisotopic (exact) mass is 254 g/mol. The van der Waals surface area contributed by atoms with Crippen molar-refractivity contribution in [3.8, 4) is 0 Å². The van der Waals surface area contributed by atoms with E-state index in [9.17, 15) is 4.79 Å². The van der Waals surface area contributed by atoms with Crippen LogP contribution >= 0.6 is 11.8 Å². The number of hydrogen-bond acceptors (Lipinski definition) is 6. The van der Waals surface area contributed by atoms with Gasteiger partial charge in [0.1, 0.15) is 0 Å². The quantitative estimate of drug-likeness (QED) is 0.432. The summed E-state index contributed by atoms with van der Waals surface area (Å²) < 4.78 is 6.66. The maximum atomic E-state index is 11.3. The smallest absolute Gasteiger partial charge is 0.334 e. The molecule has 1 aliphatic rings. The van der Waals surface area contributed by atoms with Crippen LogP contribution in [-0.4, -0.2) is 38.5 Å². The minimum absolute atomic E-state index is 0.356. The van der Waals surface area contributed by atoms with Gasteiger partial charge in [-0.25, -0.2) is 9.48 Å². The van der Waals surface area contributed by atoms with E-state index in [1.165, 1.54) is 11.8 Å². The Morgan fingerprint density at radius 1 is 1.65 bits per heavy atom. The van der Waals surface area contributed by atoms with Crippen molar-refractivity contribution in [2.45, 2.75) is 31.0 Å². The molecule has 17 heavy (non-hydrogen) atoms. The molecule has 0 atom stereocenters. The van der Waals surface area contributed by atoms with Gasteiger partial charge >= 0.3 is 5.97 Å². The van der Waals surface area contributed by atoms with Gasteiger partial charge in [0.05, 0.1) is 12.6 Å². The molecule has 1 aromatic heterocycles. The number of rotatable bonds is 6. The number of esters is 1. The molecule has 0 radical (unpaired) electrons. The molecule has 0 aliphatic heterocycles. The number of ether oxygens (including phenoxy) is 1. The molecule has 0 amide bonds. The molecule has 0 N–H and O–H groups in total. The van der Waals surface area contributed by atoms with Crippen LogP contribution in [0.25, 0.3) is 0 Å². The van der Waals surface area contributed by atoms with Crippen molar-refractivity contribution in [1.29, 1.82) is 0 Å². The average molecular weight is 254 g/mol. The summed E-state index contributed by atoms with van der Waals surface area (Å²) in [6, 6.07) is 0.434. The second kappa shape index (κ2) is 5.31. The predicted molar refractivity (Wildman–Crippen MR) is 62.6 cm³/mol. The lowest BCUT2D eigenvalue weighted by atomic mass is 10.4. The van der Waals surface area contributed by atoms with Gasteiger partial charge in [-0.3, -0.25) is 0 Å². The van der Waals surface area contributed by atoms with E-state index in [1.54, 1.807) is 6.92 Å². The number of thioether (sulfide) groups is 1. The molecule has 6 nitrogen and oxygen atoms in total. The number of aromatic nitrogens is 4. The summed E-state index contributed by atoms with van der Waals surface area (Å²) in [4.78, 5) is 11.3. The highest BCUT2D eigenvalue weighted by Gasteiger charge is 2.28. The molecule has 2 rings (SSSR count). The highest BCUT2D eigenvalue weighted by Crippen LogP contribution is 2.36. The van der Waals surface area contributed by atoms with E-state index in [2.05, 4.69) is 22.1 Å². The summed E-state index contributed by atoms with van der Waals surface area (Å²) >= 11 is 1.41. The van der Waals surface area contributed by atoms with Gasteiger partial charge in [0, 0.05) is 11.3 Å².